The van der Waals surface area contributed by atoms with Gasteiger partial charge in [-0.3, -0.25) is 9.59 Å². The zero-order chi connectivity index (χ0) is 11.7. The number of carbonyl (C=O) groups is 2. The first kappa shape index (κ1) is 13.9. The lowest BCUT2D eigenvalue weighted by molar-refractivity contribution is -0.128. The van der Waals surface area contributed by atoms with Gasteiger partial charge < -0.3 is 15.5 Å². The molecule has 0 aliphatic heterocycles. The van der Waals surface area contributed by atoms with Crippen molar-refractivity contribution in [2.45, 2.75) is 19.8 Å². The quantitative estimate of drug-likeness (QED) is 0.567. The van der Waals surface area contributed by atoms with Gasteiger partial charge >= 0.3 is 0 Å². The minimum Gasteiger partial charge on any atom is -0.355 e. The van der Waals surface area contributed by atoms with E-state index in [4.69, 9.17) is 0 Å². The van der Waals surface area contributed by atoms with E-state index < -0.39 is 0 Å². The SMILES string of the molecule is CC(=O)NCCNCCCC(=O)N(C)C. The molecule has 0 unspecified atom stereocenters. The number of nitrogens with zero attached hydrogens (tertiary/aromatic N) is 1. The summed E-state index contributed by atoms with van der Waals surface area (Å²) in [6.07, 6.45) is 1.40. The van der Waals surface area contributed by atoms with Gasteiger partial charge in [-0.2, -0.15) is 0 Å². The summed E-state index contributed by atoms with van der Waals surface area (Å²) in [5, 5.41) is 5.84. The third-order valence-electron chi connectivity index (χ3n) is 1.92. The highest BCUT2D eigenvalue weighted by Crippen LogP contribution is 1.91. The van der Waals surface area contributed by atoms with Crippen LogP contribution in [0.15, 0.2) is 0 Å². The molecule has 5 heteroatoms. The molecule has 0 radical (unpaired) electrons. The molecule has 0 rings (SSSR count). The zero-order valence-corrected chi connectivity index (χ0v) is 9.80. The van der Waals surface area contributed by atoms with Gasteiger partial charge in [-0.1, -0.05) is 0 Å². The van der Waals surface area contributed by atoms with Crippen LogP contribution in [0.3, 0.4) is 0 Å². The number of hydrogen-bond acceptors (Lipinski definition) is 3. The highest BCUT2D eigenvalue weighted by atomic mass is 16.2. The van der Waals surface area contributed by atoms with Gasteiger partial charge in [0, 0.05) is 40.5 Å². The maximum atomic E-state index is 11.2. The average Bonchev–Trinajstić information content (AvgIpc) is 2.15. The second kappa shape index (κ2) is 8.23. The Hall–Kier alpha value is -1.10. The summed E-state index contributed by atoms with van der Waals surface area (Å²) in [6, 6.07) is 0. The largest absolute Gasteiger partial charge is 0.355 e. The predicted octanol–water partition coefficient (Wildman–Crippen LogP) is -0.419. The Morgan fingerprint density at radius 2 is 1.80 bits per heavy atom. The molecule has 0 aromatic carbocycles. The molecule has 0 heterocycles. The molecule has 0 aliphatic rings. The van der Waals surface area contributed by atoms with Crippen molar-refractivity contribution in [1.82, 2.24) is 15.5 Å². The second-order valence-corrected chi connectivity index (χ2v) is 3.62. The maximum absolute atomic E-state index is 11.2. The fraction of sp³-hybridized carbons (Fsp3) is 0.800. The van der Waals surface area contributed by atoms with Crippen molar-refractivity contribution < 1.29 is 9.59 Å². The van der Waals surface area contributed by atoms with Crippen molar-refractivity contribution in [3.05, 3.63) is 0 Å². The van der Waals surface area contributed by atoms with Gasteiger partial charge in [-0.05, 0) is 13.0 Å². The summed E-state index contributed by atoms with van der Waals surface area (Å²) in [5.41, 5.74) is 0. The summed E-state index contributed by atoms with van der Waals surface area (Å²) >= 11 is 0. The monoisotopic (exact) mass is 215 g/mol. The van der Waals surface area contributed by atoms with E-state index in [-0.39, 0.29) is 11.8 Å². The lowest BCUT2D eigenvalue weighted by atomic mass is 10.3. The van der Waals surface area contributed by atoms with Crippen molar-refractivity contribution in [3.8, 4) is 0 Å². The van der Waals surface area contributed by atoms with Crippen molar-refractivity contribution >= 4 is 11.8 Å². The van der Waals surface area contributed by atoms with Crippen molar-refractivity contribution in [2.24, 2.45) is 0 Å². The van der Waals surface area contributed by atoms with Crippen LogP contribution in [0, 0.1) is 0 Å². The maximum Gasteiger partial charge on any atom is 0.222 e. The third-order valence-corrected chi connectivity index (χ3v) is 1.92. The molecule has 0 aromatic heterocycles. The van der Waals surface area contributed by atoms with Gasteiger partial charge in [0.05, 0.1) is 0 Å². The molecule has 0 saturated heterocycles. The lowest BCUT2D eigenvalue weighted by Crippen LogP contribution is -2.31. The summed E-state index contributed by atoms with van der Waals surface area (Å²) in [4.78, 5) is 23.3. The van der Waals surface area contributed by atoms with E-state index in [0.717, 1.165) is 19.5 Å². The molecule has 0 aliphatic carbocycles. The summed E-state index contributed by atoms with van der Waals surface area (Å²) in [5.74, 6) is 0.137. The molecule has 88 valence electrons. The Kier molecular flexibility index (Phi) is 7.62. The number of hydrogen-bond donors (Lipinski definition) is 2. The van der Waals surface area contributed by atoms with Crippen LogP contribution in [-0.4, -0.2) is 50.4 Å². The second-order valence-electron chi connectivity index (χ2n) is 3.62. The van der Waals surface area contributed by atoms with Crippen LogP contribution in [0.1, 0.15) is 19.8 Å². The van der Waals surface area contributed by atoms with Crippen molar-refractivity contribution in [2.75, 3.05) is 33.7 Å². The van der Waals surface area contributed by atoms with Gasteiger partial charge in [-0.25, -0.2) is 0 Å². The smallest absolute Gasteiger partial charge is 0.222 e. The molecular weight excluding hydrogens is 194 g/mol. The fourth-order valence-corrected chi connectivity index (χ4v) is 1.04. The first-order valence-corrected chi connectivity index (χ1v) is 5.19. The van der Waals surface area contributed by atoms with Gasteiger partial charge in [0.15, 0.2) is 0 Å². The molecule has 5 nitrogen and oxygen atoms in total. The summed E-state index contributed by atoms with van der Waals surface area (Å²) < 4.78 is 0. The van der Waals surface area contributed by atoms with Crippen LogP contribution in [0.5, 0.6) is 0 Å². The number of rotatable bonds is 7. The number of nitrogens with one attached hydrogen (secondary N) is 2. The van der Waals surface area contributed by atoms with Gasteiger partial charge in [0.25, 0.3) is 0 Å². The topological polar surface area (TPSA) is 61.4 Å². The molecule has 0 bridgehead atoms. The Bertz CT molecular complexity index is 205. The van der Waals surface area contributed by atoms with Gasteiger partial charge in [0.1, 0.15) is 0 Å². The van der Waals surface area contributed by atoms with E-state index >= 15 is 0 Å². The lowest BCUT2D eigenvalue weighted by Gasteiger charge is -2.10. The molecular formula is C10H21N3O2. The van der Waals surface area contributed by atoms with Crippen molar-refractivity contribution in [3.63, 3.8) is 0 Å². The highest BCUT2D eigenvalue weighted by molar-refractivity contribution is 5.75. The van der Waals surface area contributed by atoms with Gasteiger partial charge in [0.2, 0.25) is 11.8 Å². The van der Waals surface area contributed by atoms with E-state index in [1.54, 1.807) is 19.0 Å². The molecule has 0 fully saturated rings. The minimum atomic E-state index is -0.0143. The Balaban J connectivity index is 3.18. The molecule has 0 spiro atoms. The fourth-order valence-electron chi connectivity index (χ4n) is 1.04. The number of amides is 2. The van der Waals surface area contributed by atoms with Crippen LogP contribution in [0.2, 0.25) is 0 Å². The van der Waals surface area contributed by atoms with E-state index in [2.05, 4.69) is 10.6 Å². The molecule has 2 amide bonds. The normalized spacial score (nSPS) is 9.80. The van der Waals surface area contributed by atoms with Crippen LogP contribution >= 0.6 is 0 Å². The van der Waals surface area contributed by atoms with E-state index in [0.29, 0.717) is 13.0 Å². The van der Waals surface area contributed by atoms with Crippen LogP contribution < -0.4 is 10.6 Å². The molecule has 0 saturated carbocycles. The first-order chi connectivity index (χ1) is 7.04. The van der Waals surface area contributed by atoms with E-state index in [1.165, 1.54) is 6.92 Å². The van der Waals surface area contributed by atoms with Crippen molar-refractivity contribution in [1.29, 1.82) is 0 Å². The first-order valence-electron chi connectivity index (χ1n) is 5.19. The Morgan fingerprint density at radius 3 is 2.33 bits per heavy atom. The molecule has 2 N–H and O–H groups in total. The molecule has 0 atom stereocenters. The predicted molar refractivity (Wildman–Crippen MR) is 59.5 cm³/mol. The molecule has 15 heavy (non-hydrogen) atoms. The van der Waals surface area contributed by atoms with E-state index in [1.807, 2.05) is 0 Å². The Labute approximate surface area is 91.2 Å². The average molecular weight is 215 g/mol. The van der Waals surface area contributed by atoms with E-state index in [9.17, 15) is 9.59 Å². The van der Waals surface area contributed by atoms with Gasteiger partial charge in [-0.15, -0.1) is 0 Å². The standard InChI is InChI=1S/C10H21N3O2/c1-9(14)12-8-7-11-6-4-5-10(15)13(2)3/h11H,4-8H2,1-3H3,(H,12,14). The van der Waals surface area contributed by atoms with Crippen LogP contribution in [0.25, 0.3) is 0 Å². The molecule has 0 aromatic rings. The highest BCUT2D eigenvalue weighted by Gasteiger charge is 2.01. The number of carbonyl (C=O) groups excluding carboxylic acids is 2. The van der Waals surface area contributed by atoms with Crippen LogP contribution in [-0.2, 0) is 9.59 Å². The minimum absolute atomic E-state index is 0.0143. The Morgan fingerprint density at radius 1 is 1.13 bits per heavy atom. The third kappa shape index (κ3) is 9.21. The summed E-state index contributed by atoms with van der Waals surface area (Å²) in [7, 11) is 3.51. The van der Waals surface area contributed by atoms with Crippen LogP contribution in [0.4, 0.5) is 0 Å². The summed E-state index contributed by atoms with van der Waals surface area (Å²) in [6.45, 7) is 3.68. The zero-order valence-electron chi connectivity index (χ0n) is 9.80.